The summed E-state index contributed by atoms with van der Waals surface area (Å²) in [7, 11) is 1.59. The Morgan fingerprint density at radius 1 is 1.11 bits per heavy atom. The molecule has 3 N–H and O–H groups in total. The molecule has 4 aromatic rings. The maximum absolute atomic E-state index is 14.1. The van der Waals surface area contributed by atoms with E-state index in [1.165, 1.54) is 6.07 Å². The summed E-state index contributed by atoms with van der Waals surface area (Å²) in [5, 5.41) is 14.9. The highest BCUT2D eigenvalue weighted by atomic mass is 19.2. The molecule has 0 radical (unpaired) electrons. The van der Waals surface area contributed by atoms with E-state index >= 15 is 0 Å². The molecule has 0 unspecified atom stereocenters. The Hall–Kier alpha value is -3.82. The minimum atomic E-state index is -0.914. The molecule has 1 aliphatic rings. The summed E-state index contributed by atoms with van der Waals surface area (Å²) in [4.78, 5) is 13.5. The van der Waals surface area contributed by atoms with Gasteiger partial charge >= 0.3 is 6.03 Å². The summed E-state index contributed by atoms with van der Waals surface area (Å²) in [6, 6.07) is 20.6. The Kier molecular flexibility index (Phi) is 6.67. The highest BCUT2D eigenvalue weighted by Crippen LogP contribution is 2.36. The van der Waals surface area contributed by atoms with E-state index in [0.717, 1.165) is 22.7 Å². The van der Waals surface area contributed by atoms with Gasteiger partial charge in [-0.2, -0.15) is 5.10 Å². The molecule has 0 spiro atoms. The van der Waals surface area contributed by atoms with Crippen molar-refractivity contribution in [3.8, 4) is 5.69 Å². The minimum Gasteiger partial charge on any atom is -0.385 e. The van der Waals surface area contributed by atoms with Gasteiger partial charge in [0, 0.05) is 38.1 Å². The van der Waals surface area contributed by atoms with Crippen molar-refractivity contribution in [3.63, 3.8) is 0 Å². The Bertz CT molecular complexity index is 1380. The summed E-state index contributed by atoms with van der Waals surface area (Å²) in [6.07, 6.45) is 0.478. The number of fused-ring (bicyclic) bond motifs is 1. The number of carbonyl (C=O) groups is 1. The molecule has 1 saturated heterocycles. The molecular weight excluding hydrogens is 464 g/mol. The molecule has 2 heterocycles. The number of nitrogens with one attached hydrogen (secondary N) is 3. The number of methoxy groups -OCH3 is 1. The summed E-state index contributed by atoms with van der Waals surface area (Å²) in [5.74, 6) is -1.57. The summed E-state index contributed by atoms with van der Waals surface area (Å²) >= 11 is 0. The number of anilines is 1. The Morgan fingerprint density at radius 2 is 1.89 bits per heavy atom. The van der Waals surface area contributed by atoms with Gasteiger partial charge in [0.1, 0.15) is 5.82 Å². The molecule has 3 aromatic carbocycles. The molecule has 0 bridgehead atoms. The van der Waals surface area contributed by atoms with E-state index in [-0.39, 0.29) is 5.92 Å². The van der Waals surface area contributed by atoms with Crippen LogP contribution in [0.5, 0.6) is 0 Å². The third kappa shape index (κ3) is 4.55. The van der Waals surface area contributed by atoms with Crippen molar-refractivity contribution in [2.24, 2.45) is 0 Å². The van der Waals surface area contributed by atoms with E-state index in [1.54, 1.807) is 17.9 Å². The molecule has 1 aliphatic heterocycles. The maximum Gasteiger partial charge on any atom is 0.320 e. The highest BCUT2D eigenvalue weighted by molar-refractivity contribution is 6.00. The second-order valence-corrected chi connectivity index (χ2v) is 8.95. The molecule has 7 nitrogen and oxygen atoms in total. The zero-order chi connectivity index (χ0) is 25.1. The average molecular weight is 492 g/mol. The van der Waals surface area contributed by atoms with Crippen LogP contribution in [0.1, 0.15) is 17.9 Å². The second-order valence-electron chi connectivity index (χ2n) is 8.95. The minimum absolute atomic E-state index is 0.288. The third-order valence-corrected chi connectivity index (χ3v) is 6.73. The second kappa shape index (κ2) is 10.0. The quantitative estimate of drug-likeness (QED) is 0.353. The van der Waals surface area contributed by atoms with Crippen molar-refractivity contribution < 1.29 is 18.3 Å². The average Bonchev–Trinajstić information content (AvgIpc) is 3.47. The zero-order valence-electron chi connectivity index (χ0n) is 19.8. The van der Waals surface area contributed by atoms with Crippen molar-refractivity contribution >= 4 is 22.8 Å². The van der Waals surface area contributed by atoms with Gasteiger partial charge in [-0.15, -0.1) is 0 Å². The molecule has 1 fully saturated rings. The van der Waals surface area contributed by atoms with E-state index in [9.17, 15) is 13.6 Å². The van der Waals surface area contributed by atoms with Crippen LogP contribution in [0.2, 0.25) is 0 Å². The lowest BCUT2D eigenvalue weighted by molar-refractivity contribution is 0.155. The number of aromatic nitrogens is 2. The van der Waals surface area contributed by atoms with Crippen molar-refractivity contribution in [2.45, 2.75) is 17.9 Å². The van der Waals surface area contributed by atoms with Crippen molar-refractivity contribution in [1.82, 2.24) is 20.4 Å². The molecule has 36 heavy (non-hydrogen) atoms. The van der Waals surface area contributed by atoms with Crippen molar-refractivity contribution in [3.05, 3.63) is 90.0 Å². The predicted octanol–water partition coefficient (Wildman–Crippen LogP) is 4.59. The number of amides is 2. The first-order valence-electron chi connectivity index (χ1n) is 11.8. The van der Waals surface area contributed by atoms with E-state index < -0.39 is 23.2 Å². The van der Waals surface area contributed by atoms with Crippen LogP contribution < -0.4 is 16.0 Å². The van der Waals surface area contributed by atoms with Crippen LogP contribution in [0, 0.1) is 11.6 Å². The SMILES string of the molecule is COCC[C@@]1(NC(=O)Nc2c3ccccc3nn2-c2ccccc2)CNC[C@H]1c1ccc(F)c(F)c1. The monoisotopic (exact) mass is 491 g/mol. The normalized spacial score (nSPS) is 19.5. The number of rotatable bonds is 7. The first kappa shape index (κ1) is 23.9. The number of ether oxygens (including phenoxy) is 1. The summed E-state index contributed by atoms with van der Waals surface area (Å²) in [6.45, 7) is 1.33. The summed E-state index contributed by atoms with van der Waals surface area (Å²) < 4.78 is 34.7. The lowest BCUT2D eigenvalue weighted by Crippen LogP contribution is -2.55. The number of hydrogen-bond acceptors (Lipinski definition) is 4. The highest BCUT2D eigenvalue weighted by Gasteiger charge is 2.45. The Labute approximate surface area is 207 Å². The predicted molar refractivity (Wildman–Crippen MR) is 134 cm³/mol. The van der Waals surface area contributed by atoms with Gasteiger partial charge in [-0.1, -0.05) is 36.4 Å². The smallest absolute Gasteiger partial charge is 0.320 e. The maximum atomic E-state index is 14.1. The molecule has 2 amide bonds. The molecule has 5 rings (SSSR count). The van der Waals surface area contributed by atoms with Crippen LogP contribution >= 0.6 is 0 Å². The van der Waals surface area contributed by atoms with Crippen LogP contribution in [-0.2, 0) is 4.74 Å². The number of carbonyl (C=O) groups excluding carboxylic acids is 1. The van der Waals surface area contributed by atoms with Crippen molar-refractivity contribution in [2.75, 3.05) is 32.1 Å². The van der Waals surface area contributed by atoms with Crippen LogP contribution in [0.3, 0.4) is 0 Å². The van der Waals surface area contributed by atoms with Crippen molar-refractivity contribution in [1.29, 1.82) is 0 Å². The van der Waals surface area contributed by atoms with E-state index in [2.05, 4.69) is 21.0 Å². The molecule has 0 aliphatic carbocycles. The van der Waals surface area contributed by atoms with Gasteiger partial charge in [-0.25, -0.2) is 18.3 Å². The van der Waals surface area contributed by atoms with Gasteiger partial charge < -0.3 is 15.4 Å². The van der Waals surface area contributed by atoms with Gasteiger partial charge in [0.25, 0.3) is 0 Å². The number of urea groups is 1. The van der Waals surface area contributed by atoms with Gasteiger partial charge in [0.05, 0.1) is 16.7 Å². The van der Waals surface area contributed by atoms with Crippen LogP contribution in [-0.4, -0.2) is 48.2 Å². The lowest BCUT2D eigenvalue weighted by atomic mass is 9.79. The lowest BCUT2D eigenvalue weighted by Gasteiger charge is -2.36. The van der Waals surface area contributed by atoms with Gasteiger partial charge in [-0.3, -0.25) is 5.32 Å². The van der Waals surface area contributed by atoms with Crippen LogP contribution in [0.25, 0.3) is 16.6 Å². The number of benzene rings is 3. The molecule has 2 atom stereocenters. The third-order valence-electron chi connectivity index (χ3n) is 6.73. The Balaban J connectivity index is 1.47. The molecule has 9 heteroatoms. The van der Waals surface area contributed by atoms with E-state index in [1.807, 2.05) is 54.6 Å². The van der Waals surface area contributed by atoms with E-state index in [0.29, 0.717) is 37.5 Å². The number of halogens is 2. The zero-order valence-corrected chi connectivity index (χ0v) is 19.8. The topological polar surface area (TPSA) is 80.2 Å². The van der Waals surface area contributed by atoms with Crippen LogP contribution in [0.4, 0.5) is 19.4 Å². The fourth-order valence-electron chi connectivity index (χ4n) is 4.94. The first-order valence-corrected chi connectivity index (χ1v) is 11.8. The molecule has 0 saturated carbocycles. The fourth-order valence-corrected chi connectivity index (χ4v) is 4.94. The Morgan fingerprint density at radius 3 is 2.67 bits per heavy atom. The molecule has 186 valence electrons. The van der Waals surface area contributed by atoms with E-state index in [4.69, 9.17) is 4.74 Å². The number of hydrogen-bond donors (Lipinski definition) is 3. The van der Waals surface area contributed by atoms with Gasteiger partial charge in [-0.05, 0) is 48.4 Å². The molecule has 1 aromatic heterocycles. The number of nitrogens with zero attached hydrogens (tertiary/aromatic N) is 2. The summed E-state index contributed by atoms with van der Waals surface area (Å²) in [5.41, 5.74) is 1.38. The largest absolute Gasteiger partial charge is 0.385 e. The first-order chi connectivity index (χ1) is 17.5. The standard InChI is InChI=1S/C27H27F2N5O2/c1-36-14-13-27(17-30-16-21(27)18-11-12-22(28)23(29)15-18)32-26(35)31-25-20-9-5-6-10-24(20)33-34(25)19-7-3-2-4-8-19/h2-12,15,21,30H,13-14,16-17H2,1H3,(H2,31,32,35)/t21-,27+/m0/s1. The van der Waals surface area contributed by atoms with Gasteiger partial charge in [0.2, 0.25) is 0 Å². The fraction of sp³-hybridized carbons (Fsp3) is 0.259. The van der Waals surface area contributed by atoms with Crippen LogP contribution in [0.15, 0.2) is 72.8 Å². The molecular formula is C27H27F2N5O2. The van der Waals surface area contributed by atoms with Gasteiger partial charge in [0.15, 0.2) is 11.6 Å². The number of para-hydroxylation sites is 1.